The molecule has 1 N–H and O–H groups in total. The number of hydrogen-bond donors (Lipinski definition) is 1. The standard InChI is InChI=1S/C16H26N2O2/c1-18(2)16(15-12-20-11-10-17-15)9-6-13-4-7-14(19-3)8-5-13/h4-5,7-8,15-17H,6,9-12H2,1-3H3. The summed E-state index contributed by atoms with van der Waals surface area (Å²) in [5.41, 5.74) is 1.36. The maximum Gasteiger partial charge on any atom is 0.118 e. The van der Waals surface area contributed by atoms with Crippen LogP contribution in [0.3, 0.4) is 0 Å². The fraction of sp³-hybridized carbons (Fsp3) is 0.625. The normalized spacial score (nSPS) is 20.9. The maximum absolute atomic E-state index is 5.59. The average molecular weight is 278 g/mol. The lowest BCUT2D eigenvalue weighted by Crippen LogP contribution is -2.53. The van der Waals surface area contributed by atoms with Gasteiger partial charge in [-0.3, -0.25) is 0 Å². The van der Waals surface area contributed by atoms with Crippen LogP contribution in [0.25, 0.3) is 0 Å². The van der Waals surface area contributed by atoms with Crippen molar-refractivity contribution in [1.29, 1.82) is 0 Å². The van der Waals surface area contributed by atoms with Crippen molar-refractivity contribution in [1.82, 2.24) is 10.2 Å². The molecule has 4 heteroatoms. The Morgan fingerprint density at radius 1 is 1.35 bits per heavy atom. The minimum absolute atomic E-state index is 0.428. The van der Waals surface area contributed by atoms with Crippen LogP contribution in [0.15, 0.2) is 24.3 Å². The third-order valence-electron chi connectivity index (χ3n) is 3.97. The molecule has 0 saturated carbocycles. The van der Waals surface area contributed by atoms with E-state index in [1.54, 1.807) is 7.11 Å². The molecule has 0 radical (unpaired) electrons. The summed E-state index contributed by atoms with van der Waals surface area (Å²) >= 11 is 0. The summed E-state index contributed by atoms with van der Waals surface area (Å²) in [6.45, 7) is 2.60. The Bertz CT molecular complexity index is 386. The Labute approximate surface area is 122 Å². The van der Waals surface area contributed by atoms with E-state index in [4.69, 9.17) is 9.47 Å². The summed E-state index contributed by atoms with van der Waals surface area (Å²) in [5.74, 6) is 0.917. The lowest BCUT2D eigenvalue weighted by Gasteiger charge is -2.35. The molecule has 4 nitrogen and oxygen atoms in total. The van der Waals surface area contributed by atoms with E-state index < -0.39 is 0 Å². The van der Waals surface area contributed by atoms with Gasteiger partial charge in [0.25, 0.3) is 0 Å². The maximum atomic E-state index is 5.59. The first-order valence-corrected chi connectivity index (χ1v) is 7.31. The Kier molecular flexibility index (Phi) is 5.83. The highest BCUT2D eigenvalue weighted by Gasteiger charge is 2.25. The molecule has 112 valence electrons. The Morgan fingerprint density at radius 3 is 2.65 bits per heavy atom. The largest absolute Gasteiger partial charge is 0.497 e. The molecule has 1 heterocycles. The summed E-state index contributed by atoms with van der Waals surface area (Å²) < 4.78 is 10.8. The smallest absolute Gasteiger partial charge is 0.118 e. The van der Waals surface area contributed by atoms with Crippen LogP contribution in [0.2, 0.25) is 0 Å². The molecule has 1 aromatic rings. The fourth-order valence-corrected chi connectivity index (χ4v) is 2.76. The van der Waals surface area contributed by atoms with Crippen LogP contribution in [0.4, 0.5) is 0 Å². The lowest BCUT2D eigenvalue weighted by atomic mass is 9.98. The number of methoxy groups -OCH3 is 1. The van der Waals surface area contributed by atoms with Crippen molar-refractivity contribution >= 4 is 0 Å². The first kappa shape index (κ1) is 15.3. The molecule has 0 bridgehead atoms. The van der Waals surface area contributed by atoms with E-state index in [2.05, 4.69) is 36.4 Å². The molecule has 1 saturated heterocycles. The molecule has 1 fully saturated rings. The molecule has 0 aromatic heterocycles. The monoisotopic (exact) mass is 278 g/mol. The van der Waals surface area contributed by atoms with E-state index in [1.807, 2.05) is 12.1 Å². The summed E-state index contributed by atoms with van der Waals surface area (Å²) in [5, 5.41) is 3.57. The second-order valence-electron chi connectivity index (χ2n) is 5.55. The number of rotatable bonds is 6. The number of nitrogens with zero attached hydrogens (tertiary/aromatic N) is 1. The van der Waals surface area contributed by atoms with Crippen molar-refractivity contribution < 1.29 is 9.47 Å². The molecule has 1 aromatic carbocycles. The topological polar surface area (TPSA) is 33.7 Å². The molecule has 2 unspecified atom stereocenters. The Morgan fingerprint density at radius 2 is 2.10 bits per heavy atom. The molecule has 2 rings (SSSR count). The Balaban J connectivity index is 1.90. The predicted molar refractivity (Wildman–Crippen MR) is 81.4 cm³/mol. The highest BCUT2D eigenvalue weighted by Crippen LogP contribution is 2.16. The second kappa shape index (κ2) is 7.62. The number of likely N-dealkylation sites (N-methyl/N-ethyl adjacent to an activating group) is 1. The zero-order valence-corrected chi connectivity index (χ0v) is 12.8. The highest BCUT2D eigenvalue weighted by atomic mass is 16.5. The molecular formula is C16H26N2O2. The fourth-order valence-electron chi connectivity index (χ4n) is 2.76. The van der Waals surface area contributed by atoms with Crippen molar-refractivity contribution in [2.75, 3.05) is 41.0 Å². The first-order chi connectivity index (χ1) is 9.70. The van der Waals surface area contributed by atoms with E-state index in [0.717, 1.165) is 38.3 Å². The quantitative estimate of drug-likeness (QED) is 0.856. The molecule has 0 amide bonds. The van der Waals surface area contributed by atoms with Crippen molar-refractivity contribution in [3.8, 4) is 5.75 Å². The van der Waals surface area contributed by atoms with E-state index in [9.17, 15) is 0 Å². The first-order valence-electron chi connectivity index (χ1n) is 7.31. The number of aryl methyl sites for hydroxylation is 1. The van der Waals surface area contributed by atoms with Gasteiger partial charge < -0.3 is 19.7 Å². The van der Waals surface area contributed by atoms with E-state index in [-0.39, 0.29) is 0 Å². The van der Waals surface area contributed by atoms with E-state index in [0.29, 0.717) is 12.1 Å². The lowest BCUT2D eigenvalue weighted by molar-refractivity contribution is 0.0443. The third-order valence-corrected chi connectivity index (χ3v) is 3.97. The minimum Gasteiger partial charge on any atom is -0.497 e. The number of nitrogens with one attached hydrogen (secondary N) is 1. The van der Waals surface area contributed by atoms with Gasteiger partial charge in [-0.25, -0.2) is 0 Å². The summed E-state index contributed by atoms with van der Waals surface area (Å²) in [4.78, 5) is 2.30. The zero-order chi connectivity index (χ0) is 14.4. The summed E-state index contributed by atoms with van der Waals surface area (Å²) in [6, 6.07) is 9.28. The van der Waals surface area contributed by atoms with Crippen LogP contribution in [0.1, 0.15) is 12.0 Å². The van der Waals surface area contributed by atoms with Crippen LogP contribution in [-0.4, -0.2) is 57.9 Å². The Hall–Kier alpha value is -1.10. The van der Waals surface area contributed by atoms with Gasteiger partial charge in [0.2, 0.25) is 0 Å². The van der Waals surface area contributed by atoms with Crippen molar-refractivity contribution in [2.45, 2.75) is 24.9 Å². The van der Waals surface area contributed by atoms with E-state index >= 15 is 0 Å². The van der Waals surface area contributed by atoms with Gasteiger partial charge in [-0.05, 0) is 44.6 Å². The second-order valence-corrected chi connectivity index (χ2v) is 5.55. The average Bonchev–Trinajstić information content (AvgIpc) is 2.49. The van der Waals surface area contributed by atoms with Crippen LogP contribution in [-0.2, 0) is 11.2 Å². The number of ether oxygens (including phenoxy) is 2. The molecule has 2 atom stereocenters. The van der Waals surface area contributed by atoms with Gasteiger partial charge in [-0.1, -0.05) is 12.1 Å². The molecular weight excluding hydrogens is 252 g/mol. The third kappa shape index (κ3) is 4.20. The van der Waals surface area contributed by atoms with Crippen LogP contribution < -0.4 is 10.1 Å². The number of benzene rings is 1. The van der Waals surface area contributed by atoms with Gasteiger partial charge >= 0.3 is 0 Å². The van der Waals surface area contributed by atoms with Gasteiger partial charge in [-0.15, -0.1) is 0 Å². The molecule has 0 aliphatic carbocycles. The highest BCUT2D eigenvalue weighted by molar-refractivity contribution is 5.27. The van der Waals surface area contributed by atoms with Gasteiger partial charge in [0.05, 0.1) is 20.3 Å². The molecule has 0 spiro atoms. The van der Waals surface area contributed by atoms with Gasteiger partial charge in [0.15, 0.2) is 0 Å². The van der Waals surface area contributed by atoms with Crippen LogP contribution in [0, 0.1) is 0 Å². The van der Waals surface area contributed by atoms with Gasteiger partial charge in [-0.2, -0.15) is 0 Å². The van der Waals surface area contributed by atoms with E-state index in [1.165, 1.54) is 5.56 Å². The van der Waals surface area contributed by atoms with Crippen LogP contribution in [0.5, 0.6) is 5.75 Å². The predicted octanol–water partition coefficient (Wildman–Crippen LogP) is 1.55. The number of hydrogen-bond acceptors (Lipinski definition) is 4. The SMILES string of the molecule is COc1ccc(CCC(C2COCCN2)N(C)C)cc1. The van der Waals surface area contributed by atoms with Crippen LogP contribution >= 0.6 is 0 Å². The summed E-state index contributed by atoms with van der Waals surface area (Å²) in [6.07, 6.45) is 2.20. The van der Waals surface area contributed by atoms with Crippen molar-refractivity contribution in [3.05, 3.63) is 29.8 Å². The molecule has 1 aliphatic heterocycles. The molecule has 20 heavy (non-hydrogen) atoms. The molecule has 1 aliphatic rings. The number of morpholine rings is 1. The summed E-state index contributed by atoms with van der Waals surface area (Å²) in [7, 11) is 6.00. The van der Waals surface area contributed by atoms with Gasteiger partial charge in [0, 0.05) is 18.6 Å². The van der Waals surface area contributed by atoms with Gasteiger partial charge in [0.1, 0.15) is 5.75 Å². The minimum atomic E-state index is 0.428. The van der Waals surface area contributed by atoms with Crippen molar-refractivity contribution in [3.63, 3.8) is 0 Å². The zero-order valence-electron chi connectivity index (χ0n) is 12.8. The van der Waals surface area contributed by atoms with Crippen molar-refractivity contribution in [2.24, 2.45) is 0 Å².